The molecular formula is C14H10N4O4S. The highest BCUT2D eigenvalue weighted by molar-refractivity contribution is 7.08. The van der Waals surface area contributed by atoms with Crippen LogP contribution in [-0.4, -0.2) is 27.2 Å². The van der Waals surface area contributed by atoms with Gasteiger partial charge in [0.15, 0.2) is 5.56 Å². The molecule has 0 bridgehead atoms. The van der Waals surface area contributed by atoms with Gasteiger partial charge < -0.3 is 14.9 Å². The summed E-state index contributed by atoms with van der Waals surface area (Å²) in [6, 6.07) is 4.35. The molecule has 0 saturated carbocycles. The fourth-order valence-corrected chi connectivity index (χ4v) is 2.51. The third-order valence-corrected chi connectivity index (χ3v) is 3.53. The van der Waals surface area contributed by atoms with Gasteiger partial charge in [-0.25, -0.2) is 9.59 Å². The van der Waals surface area contributed by atoms with Crippen LogP contribution in [0.4, 0.5) is 16.4 Å². The first kappa shape index (κ1) is 14.7. The zero-order chi connectivity index (χ0) is 16.2. The molecule has 8 nitrogen and oxygen atoms in total. The van der Waals surface area contributed by atoms with Crippen LogP contribution < -0.4 is 10.6 Å². The summed E-state index contributed by atoms with van der Waals surface area (Å²) in [4.78, 5) is 27.2. The Balaban J connectivity index is 1.83. The van der Waals surface area contributed by atoms with Crippen molar-refractivity contribution in [3.8, 4) is 11.3 Å². The molecule has 0 spiro atoms. The van der Waals surface area contributed by atoms with Crippen molar-refractivity contribution in [2.75, 3.05) is 10.6 Å². The van der Waals surface area contributed by atoms with Crippen molar-refractivity contribution in [3.05, 3.63) is 46.9 Å². The number of aromatic nitrogens is 2. The van der Waals surface area contributed by atoms with Gasteiger partial charge in [0.1, 0.15) is 5.69 Å². The van der Waals surface area contributed by atoms with Gasteiger partial charge in [0, 0.05) is 17.1 Å². The number of carboxylic acids is 1. The first-order chi connectivity index (χ1) is 11.1. The number of carbonyl (C=O) groups is 2. The molecule has 3 rings (SSSR count). The lowest BCUT2D eigenvalue weighted by Crippen LogP contribution is -2.20. The van der Waals surface area contributed by atoms with E-state index in [4.69, 9.17) is 4.52 Å². The Morgan fingerprint density at radius 2 is 2.13 bits per heavy atom. The normalized spacial score (nSPS) is 10.3. The smallest absolute Gasteiger partial charge is 0.343 e. The van der Waals surface area contributed by atoms with Crippen molar-refractivity contribution in [1.29, 1.82) is 0 Å². The van der Waals surface area contributed by atoms with E-state index in [1.165, 1.54) is 17.5 Å². The Hall–Kier alpha value is -3.20. The van der Waals surface area contributed by atoms with Crippen molar-refractivity contribution < 1.29 is 19.2 Å². The molecule has 3 aromatic heterocycles. The molecule has 3 heterocycles. The van der Waals surface area contributed by atoms with Crippen molar-refractivity contribution in [2.24, 2.45) is 0 Å². The first-order valence-corrected chi connectivity index (χ1v) is 7.33. The van der Waals surface area contributed by atoms with Gasteiger partial charge in [-0.1, -0.05) is 5.16 Å². The van der Waals surface area contributed by atoms with E-state index >= 15 is 0 Å². The van der Waals surface area contributed by atoms with Crippen molar-refractivity contribution in [3.63, 3.8) is 0 Å². The molecule has 0 radical (unpaired) electrons. The predicted molar refractivity (Wildman–Crippen MR) is 83.7 cm³/mol. The second-order valence-electron chi connectivity index (χ2n) is 4.37. The number of carboxylic acid groups (broad SMARTS) is 1. The highest BCUT2D eigenvalue weighted by Crippen LogP contribution is 2.30. The molecule has 0 aliphatic heterocycles. The van der Waals surface area contributed by atoms with E-state index in [1.807, 2.05) is 0 Å². The Morgan fingerprint density at radius 1 is 1.26 bits per heavy atom. The number of nitrogens with one attached hydrogen (secondary N) is 2. The van der Waals surface area contributed by atoms with Crippen molar-refractivity contribution in [1.82, 2.24) is 10.1 Å². The van der Waals surface area contributed by atoms with Gasteiger partial charge >= 0.3 is 12.0 Å². The highest BCUT2D eigenvalue weighted by atomic mass is 32.1. The van der Waals surface area contributed by atoms with Crippen LogP contribution >= 0.6 is 11.3 Å². The van der Waals surface area contributed by atoms with Crippen LogP contribution in [0.1, 0.15) is 10.4 Å². The number of thiophene rings is 1. The summed E-state index contributed by atoms with van der Waals surface area (Å²) in [7, 11) is 0. The van der Waals surface area contributed by atoms with E-state index in [0.717, 1.165) is 0 Å². The third kappa shape index (κ3) is 3.19. The zero-order valence-electron chi connectivity index (χ0n) is 11.5. The lowest BCUT2D eigenvalue weighted by atomic mass is 10.1. The van der Waals surface area contributed by atoms with E-state index in [-0.39, 0.29) is 17.1 Å². The summed E-state index contributed by atoms with van der Waals surface area (Å²) >= 11 is 1.40. The van der Waals surface area contributed by atoms with Crippen LogP contribution in [0.3, 0.4) is 0 Å². The quantitative estimate of drug-likeness (QED) is 0.676. The summed E-state index contributed by atoms with van der Waals surface area (Å²) < 4.78 is 4.98. The number of hydrogen-bond donors (Lipinski definition) is 3. The molecule has 0 aliphatic rings. The van der Waals surface area contributed by atoms with Crippen LogP contribution in [0.25, 0.3) is 11.3 Å². The largest absolute Gasteiger partial charge is 0.477 e. The van der Waals surface area contributed by atoms with Crippen LogP contribution in [0.5, 0.6) is 0 Å². The van der Waals surface area contributed by atoms with E-state index < -0.39 is 12.0 Å². The maximum atomic E-state index is 11.9. The van der Waals surface area contributed by atoms with E-state index in [9.17, 15) is 14.7 Å². The molecule has 0 atom stereocenters. The summed E-state index contributed by atoms with van der Waals surface area (Å²) in [5.41, 5.74) is 1.02. The molecule has 23 heavy (non-hydrogen) atoms. The summed E-state index contributed by atoms with van der Waals surface area (Å²) in [6.45, 7) is 0. The van der Waals surface area contributed by atoms with Gasteiger partial charge in [-0.05, 0) is 23.6 Å². The average Bonchev–Trinajstić information content (AvgIpc) is 3.16. The van der Waals surface area contributed by atoms with Gasteiger partial charge in [-0.3, -0.25) is 10.3 Å². The highest BCUT2D eigenvalue weighted by Gasteiger charge is 2.25. The predicted octanol–water partition coefficient (Wildman–Crippen LogP) is 3.14. The SMILES string of the molecule is O=C(Nc1cccnc1)Nc1onc(-c2ccsc2)c1C(=O)O. The van der Waals surface area contributed by atoms with Gasteiger partial charge in [0.05, 0.1) is 11.9 Å². The van der Waals surface area contributed by atoms with E-state index in [0.29, 0.717) is 11.3 Å². The number of aromatic carboxylic acids is 1. The van der Waals surface area contributed by atoms with Crippen molar-refractivity contribution in [2.45, 2.75) is 0 Å². The number of urea groups is 1. The van der Waals surface area contributed by atoms with Gasteiger partial charge in [-0.15, -0.1) is 0 Å². The number of rotatable bonds is 4. The molecule has 2 amide bonds. The fourth-order valence-electron chi connectivity index (χ4n) is 1.87. The van der Waals surface area contributed by atoms with Crippen molar-refractivity contribution >= 4 is 34.9 Å². The molecule has 0 fully saturated rings. The maximum absolute atomic E-state index is 11.9. The van der Waals surface area contributed by atoms with Gasteiger partial charge in [-0.2, -0.15) is 11.3 Å². The molecule has 116 valence electrons. The van der Waals surface area contributed by atoms with Crippen LogP contribution in [-0.2, 0) is 0 Å². The molecule has 3 aromatic rings. The molecule has 9 heteroatoms. The summed E-state index contributed by atoms with van der Waals surface area (Å²) in [5.74, 6) is -1.48. The molecule has 0 unspecified atom stereocenters. The fraction of sp³-hybridized carbons (Fsp3) is 0. The second-order valence-corrected chi connectivity index (χ2v) is 5.15. The lowest BCUT2D eigenvalue weighted by Gasteiger charge is -2.05. The molecule has 0 saturated heterocycles. The lowest BCUT2D eigenvalue weighted by molar-refractivity contribution is 0.0698. The molecular weight excluding hydrogens is 320 g/mol. The molecule has 0 aromatic carbocycles. The van der Waals surface area contributed by atoms with Gasteiger partial charge in [0.2, 0.25) is 5.88 Å². The molecule has 3 N–H and O–H groups in total. The minimum Gasteiger partial charge on any atom is -0.477 e. The number of pyridine rings is 1. The summed E-state index contributed by atoms with van der Waals surface area (Å²) in [6.07, 6.45) is 3.02. The standard InChI is InChI=1S/C14H10N4O4S/c19-13(20)10-11(8-3-5-23-7-8)18-22-12(10)17-14(21)16-9-2-1-4-15-6-9/h1-7H,(H,19,20)(H2,16,17,21). The number of carbonyl (C=O) groups excluding carboxylic acids is 1. The monoisotopic (exact) mass is 330 g/mol. The molecule has 0 aliphatic carbocycles. The minimum atomic E-state index is -1.25. The Bertz CT molecular complexity index is 830. The van der Waals surface area contributed by atoms with Crippen LogP contribution in [0.15, 0.2) is 45.9 Å². The minimum absolute atomic E-state index is 0.162. The first-order valence-electron chi connectivity index (χ1n) is 6.38. The van der Waals surface area contributed by atoms with E-state index in [1.54, 1.807) is 35.2 Å². The maximum Gasteiger partial charge on any atom is 0.343 e. The van der Waals surface area contributed by atoms with Crippen LogP contribution in [0.2, 0.25) is 0 Å². The Kier molecular flexibility index (Phi) is 4.02. The zero-order valence-corrected chi connectivity index (χ0v) is 12.3. The second kappa shape index (κ2) is 6.28. The Morgan fingerprint density at radius 3 is 2.78 bits per heavy atom. The number of hydrogen-bond acceptors (Lipinski definition) is 6. The third-order valence-electron chi connectivity index (χ3n) is 2.85. The Labute approximate surface area is 133 Å². The number of anilines is 2. The number of nitrogens with zero attached hydrogens (tertiary/aromatic N) is 2. The van der Waals surface area contributed by atoms with Crippen LogP contribution in [0, 0.1) is 0 Å². The van der Waals surface area contributed by atoms with Gasteiger partial charge in [0.25, 0.3) is 0 Å². The number of amides is 2. The topological polar surface area (TPSA) is 117 Å². The van der Waals surface area contributed by atoms with E-state index in [2.05, 4.69) is 20.8 Å². The average molecular weight is 330 g/mol. The summed E-state index contributed by atoms with van der Waals surface area (Å²) in [5, 5.41) is 21.5.